The summed E-state index contributed by atoms with van der Waals surface area (Å²) in [5.41, 5.74) is 1.53. The van der Waals surface area contributed by atoms with Gasteiger partial charge < -0.3 is 4.74 Å². The minimum atomic E-state index is -0.336. The molecule has 15 heavy (non-hydrogen) atoms. The molecule has 0 saturated heterocycles. The highest BCUT2D eigenvalue weighted by Crippen LogP contribution is 2.08. The standard InChI is InChI=1S/C10H9ClINO2/c1-15-9(14)8-4-2-7(3-5-8)6-13-10(11)12/h2-5H,6H2,1H3/b13-10+. The van der Waals surface area contributed by atoms with E-state index in [9.17, 15) is 4.79 Å². The second kappa shape index (κ2) is 6.07. The first-order valence-corrected chi connectivity index (χ1v) is 5.62. The van der Waals surface area contributed by atoms with Gasteiger partial charge in [0.1, 0.15) is 0 Å². The summed E-state index contributed by atoms with van der Waals surface area (Å²) in [4.78, 5) is 15.2. The van der Waals surface area contributed by atoms with Gasteiger partial charge in [0.2, 0.25) is 0 Å². The molecule has 0 unspecified atom stereocenters. The van der Waals surface area contributed by atoms with Crippen molar-refractivity contribution in [3.8, 4) is 0 Å². The van der Waals surface area contributed by atoms with E-state index in [1.54, 1.807) is 12.1 Å². The molecule has 1 aromatic carbocycles. The lowest BCUT2D eigenvalue weighted by Gasteiger charge is -2.00. The van der Waals surface area contributed by atoms with E-state index in [2.05, 4.69) is 9.73 Å². The van der Waals surface area contributed by atoms with Crippen LogP contribution in [0.1, 0.15) is 15.9 Å². The number of halogens is 2. The van der Waals surface area contributed by atoms with Crippen molar-refractivity contribution >= 4 is 43.3 Å². The fourth-order valence-corrected chi connectivity index (χ4v) is 1.25. The third kappa shape index (κ3) is 4.17. The van der Waals surface area contributed by atoms with Crippen molar-refractivity contribution in [2.24, 2.45) is 4.99 Å². The minimum absolute atomic E-state index is 0.336. The van der Waals surface area contributed by atoms with E-state index < -0.39 is 0 Å². The number of nitrogens with zero attached hydrogens (tertiary/aromatic N) is 1. The lowest BCUT2D eigenvalue weighted by atomic mass is 10.1. The minimum Gasteiger partial charge on any atom is -0.465 e. The van der Waals surface area contributed by atoms with E-state index in [1.807, 2.05) is 34.7 Å². The van der Waals surface area contributed by atoms with Crippen LogP contribution in [-0.2, 0) is 11.3 Å². The van der Waals surface area contributed by atoms with E-state index in [0.717, 1.165) is 5.56 Å². The SMILES string of the molecule is COC(=O)c1ccc(C/N=C(\Cl)I)cc1. The maximum Gasteiger partial charge on any atom is 0.337 e. The van der Waals surface area contributed by atoms with Crippen molar-refractivity contribution in [1.29, 1.82) is 0 Å². The molecule has 0 aliphatic carbocycles. The van der Waals surface area contributed by atoms with Crippen LogP contribution in [0.5, 0.6) is 0 Å². The van der Waals surface area contributed by atoms with Crippen LogP contribution in [0.3, 0.4) is 0 Å². The Labute approximate surface area is 107 Å². The summed E-state index contributed by atoms with van der Waals surface area (Å²) in [5.74, 6) is -0.336. The summed E-state index contributed by atoms with van der Waals surface area (Å²) in [6.45, 7) is 0.517. The molecule has 1 aromatic rings. The van der Waals surface area contributed by atoms with E-state index in [-0.39, 0.29) is 5.97 Å². The monoisotopic (exact) mass is 337 g/mol. The Kier molecular flexibility index (Phi) is 5.04. The van der Waals surface area contributed by atoms with E-state index in [4.69, 9.17) is 11.6 Å². The first-order valence-electron chi connectivity index (χ1n) is 4.16. The molecule has 0 saturated carbocycles. The number of hydrogen-bond acceptors (Lipinski definition) is 3. The number of esters is 1. The summed E-state index contributed by atoms with van der Waals surface area (Å²) in [7, 11) is 1.36. The predicted octanol–water partition coefficient (Wildman–Crippen LogP) is 3.00. The highest BCUT2D eigenvalue weighted by molar-refractivity contribution is 14.1. The number of aliphatic imine (C=N–C) groups is 1. The van der Waals surface area contributed by atoms with Gasteiger partial charge in [-0.15, -0.1) is 0 Å². The van der Waals surface area contributed by atoms with Crippen molar-refractivity contribution < 1.29 is 9.53 Å². The Balaban J connectivity index is 2.72. The van der Waals surface area contributed by atoms with Gasteiger partial charge in [-0.05, 0) is 40.3 Å². The Hall–Kier alpha value is -0.620. The molecule has 5 heteroatoms. The van der Waals surface area contributed by atoms with Gasteiger partial charge in [0.15, 0.2) is 3.18 Å². The van der Waals surface area contributed by atoms with Gasteiger partial charge in [-0.3, -0.25) is 4.99 Å². The Morgan fingerprint density at radius 2 is 2.07 bits per heavy atom. The van der Waals surface area contributed by atoms with Gasteiger partial charge in [0.05, 0.1) is 19.2 Å². The second-order valence-electron chi connectivity index (χ2n) is 2.75. The van der Waals surface area contributed by atoms with E-state index >= 15 is 0 Å². The lowest BCUT2D eigenvalue weighted by Crippen LogP contribution is -2.00. The summed E-state index contributed by atoms with van der Waals surface area (Å²) < 4.78 is 5.08. The fraction of sp³-hybridized carbons (Fsp3) is 0.200. The number of benzene rings is 1. The number of carbonyl (C=O) groups is 1. The van der Waals surface area contributed by atoms with Crippen molar-refractivity contribution in [1.82, 2.24) is 0 Å². The van der Waals surface area contributed by atoms with Crippen LogP contribution >= 0.6 is 34.2 Å². The van der Waals surface area contributed by atoms with Crippen molar-refractivity contribution in [3.63, 3.8) is 0 Å². The first kappa shape index (κ1) is 12.4. The van der Waals surface area contributed by atoms with E-state index in [1.165, 1.54) is 7.11 Å². The second-order valence-corrected chi connectivity index (χ2v) is 4.76. The largest absolute Gasteiger partial charge is 0.465 e. The molecule has 3 nitrogen and oxygen atoms in total. The van der Waals surface area contributed by atoms with Crippen LogP contribution in [0, 0.1) is 0 Å². The summed E-state index contributed by atoms with van der Waals surface area (Å²) in [6.07, 6.45) is 0. The molecule has 0 heterocycles. The Morgan fingerprint density at radius 1 is 1.47 bits per heavy atom. The van der Waals surface area contributed by atoms with E-state index in [0.29, 0.717) is 15.3 Å². The maximum absolute atomic E-state index is 11.1. The van der Waals surface area contributed by atoms with Gasteiger partial charge in [-0.25, -0.2) is 4.79 Å². The quantitative estimate of drug-likeness (QED) is 0.483. The van der Waals surface area contributed by atoms with Gasteiger partial charge in [0.25, 0.3) is 0 Å². The number of methoxy groups -OCH3 is 1. The highest BCUT2D eigenvalue weighted by atomic mass is 127. The molecule has 0 radical (unpaired) electrons. The van der Waals surface area contributed by atoms with Crippen molar-refractivity contribution in [2.75, 3.05) is 7.11 Å². The Bertz CT molecular complexity index is 372. The average Bonchev–Trinajstić information content (AvgIpc) is 2.26. The molecule has 0 amide bonds. The number of hydrogen-bond donors (Lipinski definition) is 0. The number of ether oxygens (including phenoxy) is 1. The summed E-state index contributed by atoms with van der Waals surface area (Å²) in [6, 6.07) is 7.06. The molecule has 0 aliphatic rings. The van der Waals surface area contributed by atoms with Crippen LogP contribution in [0.4, 0.5) is 0 Å². The number of rotatable bonds is 3. The van der Waals surface area contributed by atoms with Gasteiger partial charge in [-0.2, -0.15) is 0 Å². The molecule has 0 bridgehead atoms. The molecular formula is C10H9ClINO2. The van der Waals surface area contributed by atoms with Gasteiger partial charge in [-0.1, -0.05) is 23.7 Å². The molecule has 0 aliphatic heterocycles. The average molecular weight is 338 g/mol. The lowest BCUT2D eigenvalue weighted by molar-refractivity contribution is 0.0600. The van der Waals surface area contributed by atoms with Crippen molar-refractivity contribution in [2.45, 2.75) is 6.54 Å². The van der Waals surface area contributed by atoms with Gasteiger partial charge in [0, 0.05) is 0 Å². The first-order chi connectivity index (χ1) is 7.13. The normalized spacial score (nSPS) is 11.3. The highest BCUT2D eigenvalue weighted by Gasteiger charge is 2.03. The van der Waals surface area contributed by atoms with Crippen LogP contribution in [0.25, 0.3) is 0 Å². The molecule has 80 valence electrons. The Morgan fingerprint density at radius 3 is 2.53 bits per heavy atom. The third-order valence-electron chi connectivity index (χ3n) is 1.76. The topological polar surface area (TPSA) is 38.7 Å². The molecule has 0 spiro atoms. The third-order valence-corrected chi connectivity index (χ3v) is 2.22. The predicted molar refractivity (Wildman–Crippen MR) is 68.8 cm³/mol. The maximum atomic E-state index is 11.1. The fourth-order valence-electron chi connectivity index (χ4n) is 1.02. The smallest absolute Gasteiger partial charge is 0.337 e. The molecular weight excluding hydrogens is 328 g/mol. The molecule has 0 N–H and O–H groups in total. The summed E-state index contributed by atoms with van der Waals surface area (Å²) in [5, 5.41) is 0. The van der Waals surface area contributed by atoms with Crippen LogP contribution in [0.2, 0.25) is 0 Å². The molecule has 0 atom stereocenters. The zero-order chi connectivity index (χ0) is 11.3. The van der Waals surface area contributed by atoms with Gasteiger partial charge >= 0.3 is 5.97 Å². The molecule has 0 fully saturated rings. The number of carbonyl (C=O) groups excluding carboxylic acids is 1. The molecule has 1 rings (SSSR count). The van der Waals surface area contributed by atoms with Crippen LogP contribution < -0.4 is 0 Å². The molecule has 0 aromatic heterocycles. The van der Waals surface area contributed by atoms with Crippen molar-refractivity contribution in [3.05, 3.63) is 35.4 Å². The van der Waals surface area contributed by atoms with Crippen LogP contribution in [0.15, 0.2) is 29.3 Å². The summed E-state index contributed by atoms with van der Waals surface area (Å²) >= 11 is 7.53. The van der Waals surface area contributed by atoms with Crippen LogP contribution in [-0.4, -0.2) is 16.3 Å². The zero-order valence-corrected chi connectivity index (χ0v) is 10.9. The zero-order valence-electron chi connectivity index (χ0n) is 8.04.